The lowest BCUT2D eigenvalue weighted by molar-refractivity contribution is -0.384. The lowest BCUT2D eigenvalue weighted by Gasteiger charge is -2.08. The van der Waals surface area contributed by atoms with Crippen LogP contribution in [0.25, 0.3) is 0 Å². The van der Waals surface area contributed by atoms with E-state index >= 15 is 0 Å². The molecular weight excluding hydrogens is 302 g/mol. The molecule has 0 unspecified atom stereocenters. The number of nitrogen functional groups attached to an aromatic ring is 1. The van der Waals surface area contributed by atoms with Gasteiger partial charge in [0.1, 0.15) is 0 Å². The number of amides is 1. The molecule has 2 rings (SSSR count). The number of nitro groups is 1. The largest absolute Gasteiger partial charge is 0.399 e. The minimum atomic E-state index is -0.488. The Morgan fingerprint density at radius 3 is 2.59 bits per heavy atom. The number of nitrogens with two attached hydrogens (primary N) is 1. The summed E-state index contributed by atoms with van der Waals surface area (Å²) in [4.78, 5) is 23.2. The maximum atomic E-state index is 12.0. The number of hydrogen-bond acceptors (Lipinski definition) is 5. The van der Waals surface area contributed by atoms with Gasteiger partial charge in [0.15, 0.2) is 0 Å². The second kappa shape index (κ2) is 6.95. The fraction of sp³-hybridized carbons (Fsp3) is 0.133. The molecular formula is C15H15N3O3S. The number of carbonyl (C=O) groups excluding carboxylic acids is 1. The number of anilines is 2. The molecule has 0 bridgehead atoms. The molecule has 1 amide bonds. The molecule has 2 aromatic rings. The van der Waals surface area contributed by atoms with Crippen LogP contribution in [0.2, 0.25) is 0 Å². The Kier molecular flexibility index (Phi) is 5.00. The number of aryl methyl sites for hydroxylation is 1. The number of carbonyl (C=O) groups is 1. The third kappa shape index (κ3) is 4.23. The molecule has 7 heteroatoms. The standard InChI is InChI=1S/C15H15N3O3S/c1-10-2-5-12(18(20)21)8-14(10)17-15(19)9-22-13-6-3-11(16)4-7-13/h2-8H,9,16H2,1H3,(H,17,19). The van der Waals surface area contributed by atoms with Gasteiger partial charge in [0.25, 0.3) is 5.69 Å². The van der Waals surface area contributed by atoms with E-state index in [-0.39, 0.29) is 17.3 Å². The van der Waals surface area contributed by atoms with Gasteiger partial charge in [0.2, 0.25) is 5.91 Å². The van der Waals surface area contributed by atoms with E-state index in [2.05, 4.69) is 5.32 Å². The van der Waals surface area contributed by atoms with Crippen LogP contribution in [0.5, 0.6) is 0 Å². The molecule has 0 aliphatic carbocycles. The summed E-state index contributed by atoms with van der Waals surface area (Å²) in [7, 11) is 0. The first-order valence-electron chi connectivity index (χ1n) is 6.49. The predicted molar refractivity (Wildman–Crippen MR) is 88.0 cm³/mol. The predicted octanol–water partition coefficient (Wildman–Crippen LogP) is 3.22. The summed E-state index contributed by atoms with van der Waals surface area (Å²) in [6, 6.07) is 11.6. The van der Waals surface area contributed by atoms with Gasteiger partial charge in [-0.05, 0) is 36.8 Å². The molecule has 0 heterocycles. The number of thioether (sulfide) groups is 1. The van der Waals surface area contributed by atoms with Gasteiger partial charge in [0.05, 0.1) is 16.4 Å². The van der Waals surface area contributed by atoms with Crippen molar-refractivity contribution >= 4 is 34.7 Å². The van der Waals surface area contributed by atoms with E-state index < -0.39 is 4.92 Å². The van der Waals surface area contributed by atoms with Crippen LogP contribution < -0.4 is 11.1 Å². The maximum absolute atomic E-state index is 12.0. The van der Waals surface area contributed by atoms with Crippen molar-refractivity contribution < 1.29 is 9.72 Å². The van der Waals surface area contributed by atoms with Gasteiger partial charge >= 0.3 is 0 Å². The Balaban J connectivity index is 1.98. The molecule has 22 heavy (non-hydrogen) atoms. The number of rotatable bonds is 5. The molecule has 0 saturated heterocycles. The normalized spacial score (nSPS) is 10.2. The van der Waals surface area contributed by atoms with Crippen molar-refractivity contribution in [2.75, 3.05) is 16.8 Å². The van der Waals surface area contributed by atoms with E-state index in [1.54, 1.807) is 25.1 Å². The lowest BCUT2D eigenvalue weighted by Crippen LogP contribution is -2.15. The minimum absolute atomic E-state index is 0.0490. The zero-order valence-electron chi connectivity index (χ0n) is 11.9. The number of nitrogens with one attached hydrogen (secondary N) is 1. The molecule has 0 fully saturated rings. The van der Waals surface area contributed by atoms with Crippen LogP contribution in [0.4, 0.5) is 17.1 Å². The van der Waals surface area contributed by atoms with Crippen molar-refractivity contribution in [1.29, 1.82) is 0 Å². The van der Waals surface area contributed by atoms with Crippen molar-refractivity contribution in [2.24, 2.45) is 0 Å². The number of nitro benzene ring substituents is 1. The number of nitrogens with zero attached hydrogens (tertiary/aromatic N) is 1. The number of hydrogen-bond donors (Lipinski definition) is 2. The van der Waals surface area contributed by atoms with E-state index in [0.717, 1.165) is 10.5 Å². The summed E-state index contributed by atoms with van der Waals surface area (Å²) >= 11 is 1.37. The van der Waals surface area contributed by atoms with Gasteiger partial charge in [-0.3, -0.25) is 14.9 Å². The third-order valence-corrected chi connectivity index (χ3v) is 3.97. The highest BCUT2D eigenvalue weighted by atomic mass is 32.2. The molecule has 114 valence electrons. The second-order valence-corrected chi connectivity index (χ2v) is 5.71. The Hall–Kier alpha value is -2.54. The average molecular weight is 317 g/mol. The van der Waals surface area contributed by atoms with Crippen LogP contribution in [0.3, 0.4) is 0 Å². The van der Waals surface area contributed by atoms with E-state index in [4.69, 9.17) is 5.73 Å². The summed E-state index contributed by atoms with van der Waals surface area (Å²) in [6.45, 7) is 1.78. The molecule has 3 N–H and O–H groups in total. The van der Waals surface area contributed by atoms with E-state index in [1.165, 1.54) is 23.9 Å². The molecule has 0 aliphatic rings. The third-order valence-electron chi connectivity index (χ3n) is 2.96. The maximum Gasteiger partial charge on any atom is 0.271 e. The zero-order valence-corrected chi connectivity index (χ0v) is 12.7. The van der Waals surface area contributed by atoms with Crippen LogP contribution in [0.1, 0.15) is 5.56 Å². The summed E-state index contributed by atoms with van der Waals surface area (Å²) in [6.07, 6.45) is 0. The number of benzene rings is 2. The van der Waals surface area contributed by atoms with Crippen molar-refractivity contribution in [3.05, 3.63) is 58.1 Å². The molecule has 2 aromatic carbocycles. The SMILES string of the molecule is Cc1ccc([N+](=O)[O-])cc1NC(=O)CSc1ccc(N)cc1. The van der Waals surface area contributed by atoms with Crippen LogP contribution in [0.15, 0.2) is 47.4 Å². The van der Waals surface area contributed by atoms with Crippen LogP contribution in [0, 0.1) is 17.0 Å². The second-order valence-electron chi connectivity index (χ2n) is 4.66. The van der Waals surface area contributed by atoms with E-state index in [0.29, 0.717) is 11.4 Å². The average Bonchev–Trinajstić information content (AvgIpc) is 2.48. The summed E-state index contributed by atoms with van der Waals surface area (Å²) in [5.74, 6) is -0.00287. The quantitative estimate of drug-likeness (QED) is 0.382. The highest BCUT2D eigenvalue weighted by Crippen LogP contribution is 2.23. The highest BCUT2D eigenvalue weighted by Gasteiger charge is 2.11. The zero-order chi connectivity index (χ0) is 16.1. The molecule has 6 nitrogen and oxygen atoms in total. The van der Waals surface area contributed by atoms with Gasteiger partial charge in [-0.1, -0.05) is 6.07 Å². The van der Waals surface area contributed by atoms with Crippen LogP contribution in [-0.4, -0.2) is 16.6 Å². The first-order valence-corrected chi connectivity index (χ1v) is 7.47. The first kappa shape index (κ1) is 15.8. The summed E-state index contributed by atoms with van der Waals surface area (Å²) < 4.78 is 0. The Morgan fingerprint density at radius 1 is 1.27 bits per heavy atom. The van der Waals surface area contributed by atoms with E-state index in [1.807, 2.05) is 12.1 Å². The van der Waals surface area contributed by atoms with Crippen molar-refractivity contribution in [3.8, 4) is 0 Å². The van der Waals surface area contributed by atoms with Gasteiger partial charge in [-0.2, -0.15) is 0 Å². The summed E-state index contributed by atoms with van der Waals surface area (Å²) in [5, 5.41) is 13.5. The van der Waals surface area contributed by atoms with Crippen LogP contribution in [-0.2, 0) is 4.79 Å². The molecule has 0 aliphatic heterocycles. The van der Waals surface area contributed by atoms with Gasteiger partial charge in [-0.25, -0.2) is 0 Å². The first-order chi connectivity index (χ1) is 10.5. The summed E-state index contributed by atoms with van der Waals surface area (Å²) in [5.41, 5.74) is 7.45. The van der Waals surface area contributed by atoms with E-state index in [9.17, 15) is 14.9 Å². The lowest BCUT2D eigenvalue weighted by atomic mass is 10.2. The Bertz CT molecular complexity index is 702. The minimum Gasteiger partial charge on any atom is -0.399 e. The van der Waals surface area contributed by atoms with Crippen molar-refractivity contribution in [2.45, 2.75) is 11.8 Å². The molecule has 0 saturated carbocycles. The highest BCUT2D eigenvalue weighted by molar-refractivity contribution is 8.00. The molecule has 0 aromatic heterocycles. The van der Waals surface area contributed by atoms with Crippen molar-refractivity contribution in [3.63, 3.8) is 0 Å². The Morgan fingerprint density at radius 2 is 1.95 bits per heavy atom. The smallest absolute Gasteiger partial charge is 0.271 e. The fourth-order valence-corrected chi connectivity index (χ4v) is 2.46. The topological polar surface area (TPSA) is 98.3 Å². The van der Waals surface area contributed by atoms with Crippen LogP contribution >= 0.6 is 11.8 Å². The van der Waals surface area contributed by atoms with Gasteiger partial charge in [-0.15, -0.1) is 11.8 Å². The molecule has 0 atom stereocenters. The van der Waals surface area contributed by atoms with Gasteiger partial charge in [0, 0.05) is 22.7 Å². The van der Waals surface area contributed by atoms with Gasteiger partial charge < -0.3 is 11.1 Å². The van der Waals surface area contributed by atoms with Crippen molar-refractivity contribution in [1.82, 2.24) is 0 Å². The Labute approximate surface area is 131 Å². The number of non-ortho nitro benzene ring substituents is 1. The fourth-order valence-electron chi connectivity index (χ4n) is 1.76. The monoisotopic (exact) mass is 317 g/mol. The molecule has 0 spiro atoms. The molecule has 0 radical (unpaired) electrons.